The number of nitrogens with one attached hydrogen (secondary N) is 2. The minimum absolute atomic E-state index is 0.154. The van der Waals surface area contributed by atoms with Gasteiger partial charge in [0.2, 0.25) is 11.9 Å². The van der Waals surface area contributed by atoms with Crippen molar-refractivity contribution in [3.8, 4) is 0 Å². The molecule has 6 nitrogen and oxygen atoms in total. The fourth-order valence-electron chi connectivity index (χ4n) is 4.51. The number of hydrogen-bond acceptors (Lipinski definition) is 5. The first kappa shape index (κ1) is 16.8. The zero-order valence-electron chi connectivity index (χ0n) is 15.2. The van der Waals surface area contributed by atoms with Crippen LogP contribution in [0.15, 0.2) is 24.4 Å². The summed E-state index contributed by atoms with van der Waals surface area (Å²) in [5, 5.41) is 7.22. The lowest BCUT2D eigenvalue weighted by atomic mass is 9.91. The highest BCUT2D eigenvalue weighted by molar-refractivity contribution is 6.32. The standard InChI is InChI=1S/C20H22ClN5O/c1-11(27)26-17-7-8-18(26)15-9-13(5-6-14(15)17)24-20-22-10-16(21)19(25-20)23-12-3-2-4-12/h5-6,9-10,12,17-18H,2-4,7-8H2,1H3,(H2,22,23,24,25)/t17-,18+/m1/s1. The molecule has 1 amide bonds. The van der Waals surface area contributed by atoms with Crippen molar-refractivity contribution < 1.29 is 4.79 Å². The molecule has 3 aliphatic rings. The summed E-state index contributed by atoms with van der Waals surface area (Å²) in [6.45, 7) is 1.66. The monoisotopic (exact) mass is 383 g/mol. The van der Waals surface area contributed by atoms with Crippen molar-refractivity contribution in [2.24, 2.45) is 0 Å². The SMILES string of the molecule is CC(=O)N1[C@@H]2CC[C@H]1c1cc(Nc3ncc(Cl)c(NC4CCC4)n3)ccc12. The first-order valence-corrected chi connectivity index (χ1v) is 9.97. The number of nitrogens with zero attached hydrogens (tertiary/aromatic N) is 3. The Hall–Kier alpha value is -2.34. The average molecular weight is 384 g/mol. The van der Waals surface area contributed by atoms with Gasteiger partial charge in [-0.15, -0.1) is 0 Å². The number of aromatic nitrogens is 2. The fraction of sp³-hybridized carbons (Fsp3) is 0.450. The maximum absolute atomic E-state index is 12.0. The number of anilines is 3. The summed E-state index contributed by atoms with van der Waals surface area (Å²) in [5.74, 6) is 1.36. The van der Waals surface area contributed by atoms with Crippen LogP contribution in [-0.4, -0.2) is 26.8 Å². The molecule has 1 aromatic heterocycles. The summed E-state index contributed by atoms with van der Waals surface area (Å²) in [4.78, 5) is 22.9. The van der Waals surface area contributed by atoms with E-state index in [0.29, 0.717) is 22.8 Å². The van der Waals surface area contributed by atoms with Gasteiger partial charge in [0.25, 0.3) is 0 Å². The van der Waals surface area contributed by atoms with Gasteiger partial charge in [0, 0.05) is 18.7 Å². The molecule has 1 aromatic carbocycles. The minimum Gasteiger partial charge on any atom is -0.366 e. The zero-order chi connectivity index (χ0) is 18.5. The van der Waals surface area contributed by atoms with E-state index in [9.17, 15) is 4.79 Å². The lowest BCUT2D eigenvalue weighted by molar-refractivity contribution is -0.131. The van der Waals surface area contributed by atoms with Crippen LogP contribution < -0.4 is 10.6 Å². The largest absolute Gasteiger partial charge is 0.366 e. The number of halogens is 1. The van der Waals surface area contributed by atoms with Crippen LogP contribution in [0.5, 0.6) is 0 Å². The summed E-state index contributed by atoms with van der Waals surface area (Å²) < 4.78 is 0. The van der Waals surface area contributed by atoms with Crippen molar-refractivity contribution in [2.45, 2.75) is 57.2 Å². The molecule has 1 saturated carbocycles. The van der Waals surface area contributed by atoms with Crippen LogP contribution in [0, 0.1) is 0 Å². The van der Waals surface area contributed by atoms with E-state index in [2.05, 4.69) is 32.7 Å². The highest BCUT2D eigenvalue weighted by atomic mass is 35.5. The van der Waals surface area contributed by atoms with Gasteiger partial charge >= 0.3 is 0 Å². The maximum Gasteiger partial charge on any atom is 0.229 e. The third-order valence-electron chi connectivity index (χ3n) is 6.00. The van der Waals surface area contributed by atoms with E-state index in [1.807, 2.05) is 11.0 Å². The Morgan fingerprint density at radius 1 is 1.19 bits per heavy atom. The van der Waals surface area contributed by atoms with E-state index in [-0.39, 0.29) is 18.0 Å². The van der Waals surface area contributed by atoms with E-state index in [1.165, 1.54) is 17.5 Å². The van der Waals surface area contributed by atoms with Gasteiger partial charge < -0.3 is 15.5 Å². The average Bonchev–Trinajstić information content (AvgIpc) is 3.17. The first-order valence-electron chi connectivity index (χ1n) is 9.59. The zero-order valence-corrected chi connectivity index (χ0v) is 16.0. The van der Waals surface area contributed by atoms with Gasteiger partial charge in [-0.25, -0.2) is 4.98 Å². The number of carbonyl (C=O) groups is 1. The van der Waals surface area contributed by atoms with Crippen molar-refractivity contribution in [1.29, 1.82) is 0 Å². The van der Waals surface area contributed by atoms with E-state index in [0.717, 1.165) is 31.4 Å². The van der Waals surface area contributed by atoms with Crippen molar-refractivity contribution in [3.05, 3.63) is 40.5 Å². The van der Waals surface area contributed by atoms with Crippen molar-refractivity contribution in [1.82, 2.24) is 14.9 Å². The summed E-state index contributed by atoms with van der Waals surface area (Å²) in [6, 6.07) is 7.19. The number of amides is 1. The molecule has 27 heavy (non-hydrogen) atoms. The van der Waals surface area contributed by atoms with Gasteiger partial charge in [-0.3, -0.25) is 4.79 Å². The molecule has 0 unspecified atom stereocenters. The first-order chi connectivity index (χ1) is 13.1. The topological polar surface area (TPSA) is 70.2 Å². The summed E-state index contributed by atoms with van der Waals surface area (Å²) >= 11 is 6.24. The van der Waals surface area contributed by atoms with Gasteiger partial charge in [-0.05, 0) is 55.4 Å². The van der Waals surface area contributed by atoms with Crippen LogP contribution in [0.25, 0.3) is 0 Å². The van der Waals surface area contributed by atoms with Crippen LogP contribution >= 0.6 is 11.6 Å². The molecule has 2 fully saturated rings. The highest BCUT2D eigenvalue weighted by Gasteiger charge is 2.45. The Kier molecular flexibility index (Phi) is 3.97. The lowest BCUT2D eigenvalue weighted by Gasteiger charge is -2.27. The molecule has 2 bridgehead atoms. The van der Waals surface area contributed by atoms with Crippen LogP contribution in [-0.2, 0) is 4.79 Å². The van der Waals surface area contributed by atoms with Gasteiger partial charge in [0.15, 0.2) is 5.82 Å². The second kappa shape index (κ2) is 6.37. The molecule has 2 N–H and O–H groups in total. The maximum atomic E-state index is 12.0. The van der Waals surface area contributed by atoms with E-state index in [1.54, 1.807) is 13.1 Å². The quantitative estimate of drug-likeness (QED) is 0.808. The van der Waals surface area contributed by atoms with Crippen LogP contribution in [0.2, 0.25) is 5.02 Å². The predicted octanol–water partition coefficient (Wildman–Crippen LogP) is 4.58. The van der Waals surface area contributed by atoms with Gasteiger partial charge in [0.05, 0.1) is 18.3 Å². The third-order valence-corrected chi connectivity index (χ3v) is 6.28. The van der Waals surface area contributed by atoms with Crippen molar-refractivity contribution in [3.63, 3.8) is 0 Å². The van der Waals surface area contributed by atoms with Gasteiger partial charge in [0.1, 0.15) is 5.02 Å². The normalized spacial score (nSPS) is 23.1. The Morgan fingerprint density at radius 2 is 1.96 bits per heavy atom. The molecule has 1 saturated heterocycles. The lowest BCUT2D eigenvalue weighted by Crippen LogP contribution is -2.27. The molecule has 0 spiro atoms. The minimum atomic E-state index is 0.154. The molecule has 2 aliphatic heterocycles. The number of rotatable bonds is 4. The predicted molar refractivity (Wildman–Crippen MR) is 105 cm³/mol. The molecule has 2 atom stereocenters. The van der Waals surface area contributed by atoms with Crippen molar-refractivity contribution >= 4 is 35.0 Å². The smallest absolute Gasteiger partial charge is 0.229 e. The van der Waals surface area contributed by atoms with Crippen LogP contribution in [0.4, 0.5) is 17.5 Å². The molecule has 2 aromatic rings. The molecule has 7 heteroatoms. The van der Waals surface area contributed by atoms with E-state index in [4.69, 9.17) is 11.6 Å². The Bertz CT molecular complexity index is 913. The van der Waals surface area contributed by atoms with E-state index < -0.39 is 0 Å². The van der Waals surface area contributed by atoms with Crippen molar-refractivity contribution in [2.75, 3.05) is 10.6 Å². The second-order valence-corrected chi connectivity index (χ2v) is 8.07. The molecule has 1 aliphatic carbocycles. The van der Waals surface area contributed by atoms with Gasteiger partial charge in [-0.1, -0.05) is 17.7 Å². The Balaban J connectivity index is 1.38. The van der Waals surface area contributed by atoms with Crippen LogP contribution in [0.3, 0.4) is 0 Å². The summed E-state index contributed by atoms with van der Waals surface area (Å²) in [6.07, 6.45) is 7.28. The molecular formula is C20H22ClN5O. The number of fused-ring (bicyclic) bond motifs is 5. The Labute approximate surface area is 163 Å². The third kappa shape index (κ3) is 2.83. The molecule has 3 heterocycles. The fourth-order valence-corrected chi connectivity index (χ4v) is 4.65. The number of carbonyl (C=O) groups excluding carboxylic acids is 1. The van der Waals surface area contributed by atoms with E-state index >= 15 is 0 Å². The Morgan fingerprint density at radius 3 is 2.67 bits per heavy atom. The molecule has 5 rings (SSSR count). The molecule has 140 valence electrons. The summed E-state index contributed by atoms with van der Waals surface area (Å²) in [5.41, 5.74) is 3.45. The van der Waals surface area contributed by atoms with Crippen LogP contribution in [0.1, 0.15) is 62.2 Å². The van der Waals surface area contributed by atoms with Gasteiger partial charge in [-0.2, -0.15) is 4.98 Å². The summed E-state index contributed by atoms with van der Waals surface area (Å²) in [7, 11) is 0. The molecular weight excluding hydrogens is 362 g/mol. The molecule has 0 radical (unpaired) electrons. The second-order valence-electron chi connectivity index (χ2n) is 7.67. The highest BCUT2D eigenvalue weighted by Crippen LogP contribution is 2.53. The number of benzene rings is 1. The number of hydrogen-bond donors (Lipinski definition) is 2.